The summed E-state index contributed by atoms with van der Waals surface area (Å²) in [5.41, 5.74) is 0. The van der Waals surface area contributed by atoms with E-state index in [1.54, 1.807) is 6.92 Å². The minimum absolute atomic E-state index is 0.205. The molecular formula is C10H10BrFO3. The smallest absolute Gasteiger partial charge is 0.344 e. The van der Waals surface area contributed by atoms with Crippen molar-refractivity contribution in [1.82, 2.24) is 0 Å². The average molecular weight is 277 g/mol. The molecule has 0 amide bonds. The van der Waals surface area contributed by atoms with Gasteiger partial charge in [-0.05, 0) is 18.6 Å². The number of carboxylic acid groups (broad SMARTS) is 1. The van der Waals surface area contributed by atoms with Gasteiger partial charge in [0.1, 0.15) is 11.6 Å². The highest BCUT2D eigenvalue weighted by Crippen LogP contribution is 2.22. The summed E-state index contributed by atoms with van der Waals surface area (Å²) < 4.78 is 18.6. The van der Waals surface area contributed by atoms with Gasteiger partial charge in [-0.15, -0.1) is 0 Å². The third-order valence-electron chi connectivity index (χ3n) is 1.76. The number of carbonyl (C=O) groups is 1. The van der Waals surface area contributed by atoms with Crippen LogP contribution in [-0.4, -0.2) is 17.2 Å². The number of hydrogen-bond donors (Lipinski definition) is 1. The molecule has 0 saturated carbocycles. The highest BCUT2D eigenvalue weighted by atomic mass is 79.9. The summed E-state index contributed by atoms with van der Waals surface area (Å²) >= 11 is 3.09. The first-order chi connectivity index (χ1) is 7.02. The van der Waals surface area contributed by atoms with Gasteiger partial charge in [-0.25, -0.2) is 9.18 Å². The summed E-state index contributed by atoms with van der Waals surface area (Å²) in [4.78, 5) is 10.7. The zero-order chi connectivity index (χ0) is 11.4. The Balaban J connectivity index is 2.83. The Kier molecular flexibility index (Phi) is 4.08. The van der Waals surface area contributed by atoms with Gasteiger partial charge in [0.05, 0.1) is 0 Å². The summed E-state index contributed by atoms with van der Waals surface area (Å²) in [5.74, 6) is -1.33. The average Bonchev–Trinajstić information content (AvgIpc) is 2.12. The lowest BCUT2D eigenvalue weighted by Crippen LogP contribution is -2.25. The number of hydrogen-bond acceptors (Lipinski definition) is 2. The lowest BCUT2D eigenvalue weighted by molar-refractivity contribution is -0.145. The van der Waals surface area contributed by atoms with Gasteiger partial charge in [0, 0.05) is 10.5 Å². The van der Waals surface area contributed by atoms with Gasteiger partial charge in [0.15, 0.2) is 6.10 Å². The van der Waals surface area contributed by atoms with Crippen molar-refractivity contribution in [1.29, 1.82) is 0 Å². The van der Waals surface area contributed by atoms with Crippen LogP contribution in [0.5, 0.6) is 5.75 Å². The molecule has 1 aromatic rings. The summed E-state index contributed by atoms with van der Waals surface area (Å²) in [6.45, 7) is 1.69. The Morgan fingerprint density at radius 3 is 2.73 bits per heavy atom. The van der Waals surface area contributed by atoms with Crippen LogP contribution in [0.3, 0.4) is 0 Å². The summed E-state index contributed by atoms with van der Waals surface area (Å²) in [7, 11) is 0. The highest BCUT2D eigenvalue weighted by molar-refractivity contribution is 9.10. The molecule has 0 spiro atoms. The van der Waals surface area contributed by atoms with Crippen LogP contribution in [0.1, 0.15) is 13.3 Å². The molecule has 3 nitrogen and oxygen atoms in total. The van der Waals surface area contributed by atoms with Crippen molar-refractivity contribution in [3.05, 3.63) is 28.5 Å². The first kappa shape index (κ1) is 12.0. The van der Waals surface area contributed by atoms with Crippen LogP contribution in [0.25, 0.3) is 0 Å². The normalized spacial score (nSPS) is 12.2. The van der Waals surface area contributed by atoms with Crippen LogP contribution >= 0.6 is 15.9 Å². The van der Waals surface area contributed by atoms with Crippen LogP contribution in [0, 0.1) is 5.82 Å². The van der Waals surface area contributed by atoms with Gasteiger partial charge in [-0.3, -0.25) is 0 Å². The van der Waals surface area contributed by atoms with E-state index >= 15 is 0 Å². The van der Waals surface area contributed by atoms with Crippen molar-refractivity contribution in [3.8, 4) is 5.75 Å². The van der Waals surface area contributed by atoms with E-state index < -0.39 is 17.9 Å². The molecule has 1 N–H and O–H groups in total. The second-order valence-corrected chi connectivity index (χ2v) is 3.87. The lowest BCUT2D eigenvalue weighted by atomic mass is 10.2. The molecule has 1 rings (SSSR count). The molecular weight excluding hydrogens is 267 g/mol. The minimum Gasteiger partial charge on any atom is -0.479 e. The van der Waals surface area contributed by atoms with Gasteiger partial charge in [0.25, 0.3) is 0 Å². The van der Waals surface area contributed by atoms with E-state index in [0.717, 1.165) is 6.07 Å². The molecule has 15 heavy (non-hydrogen) atoms. The molecule has 0 heterocycles. The van der Waals surface area contributed by atoms with Crippen molar-refractivity contribution < 1.29 is 19.0 Å². The highest BCUT2D eigenvalue weighted by Gasteiger charge is 2.17. The standard InChI is InChI=1S/C10H10BrFO3/c1-2-9(10(13)14)15-8-4-6(11)3-7(12)5-8/h3-5,9H,2H2,1H3,(H,13,14). The van der Waals surface area contributed by atoms with E-state index in [2.05, 4.69) is 15.9 Å². The molecule has 0 radical (unpaired) electrons. The van der Waals surface area contributed by atoms with Crippen LogP contribution < -0.4 is 4.74 Å². The van der Waals surface area contributed by atoms with Crippen LogP contribution in [0.2, 0.25) is 0 Å². The van der Waals surface area contributed by atoms with Crippen LogP contribution in [-0.2, 0) is 4.79 Å². The minimum atomic E-state index is -1.06. The van der Waals surface area contributed by atoms with E-state index in [4.69, 9.17) is 9.84 Å². The predicted molar refractivity (Wildman–Crippen MR) is 56.4 cm³/mol. The Hall–Kier alpha value is -1.10. The van der Waals surface area contributed by atoms with Gasteiger partial charge in [0.2, 0.25) is 0 Å². The molecule has 0 aliphatic carbocycles. The van der Waals surface area contributed by atoms with Crippen molar-refractivity contribution in [2.24, 2.45) is 0 Å². The molecule has 0 saturated heterocycles. The molecule has 0 bridgehead atoms. The molecule has 0 aromatic heterocycles. The first-order valence-electron chi connectivity index (χ1n) is 4.38. The zero-order valence-corrected chi connectivity index (χ0v) is 9.62. The van der Waals surface area contributed by atoms with Crippen LogP contribution in [0.4, 0.5) is 4.39 Å². The molecule has 5 heteroatoms. The van der Waals surface area contributed by atoms with Gasteiger partial charge in [-0.1, -0.05) is 22.9 Å². The Bertz CT molecular complexity index is 347. The largest absolute Gasteiger partial charge is 0.479 e. The third kappa shape index (κ3) is 3.51. The SMILES string of the molecule is CCC(Oc1cc(F)cc(Br)c1)C(=O)O. The van der Waals surface area contributed by atoms with Crippen molar-refractivity contribution in [2.45, 2.75) is 19.4 Å². The zero-order valence-electron chi connectivity index (χ0n) is 8.04. The Morgan fingerprint density at radius 2 is 2.27 bits per heavy atom. The van der Waals surface area contributed by atoms with Crippen LogP contribution in [0.15, 0.2) is 22.7 Å². The molecule has 1 aromatic carbocycles. The van der Waals surface area contributed by atoms with Gasteiger partial charge < -0.3 is 9.84 Å². The molecule has 0 aliphatic heterocycles. The van der Waals surface area contributed by atoms with E-state index in [1.807, 2.05) is 0 Å². The maximum atomic E-state index is 12.9. The number of carboxylic acids is 1. The third-order valence-corrected chi connectivity index (χ3v) is 2.22. The maximum Gasteiger partial charge on any atom is 0.344 e. The number of rotatable bonds is 4. The number of ether oxygens (including phenoxy) is 1. The molecule has 0 fully saturated rings. The molecule has 1 atom stereocenters. The fraction of sp³-hybridized carbons (Fsp3) is 0.300. The summed E-state index contributed by atoms with van der Waals surface area (Å²) in [6.07, 6.45) is -0.623. The molecule has 82 valence electrons. The van der Waals surface area contributed by atoms with E-state index in [0.29, 0.717) is 10.9 Å². The topological polar surface area (TPSA) is 46.5 Å². The number of aliphatic carboxylic acids is 1. The summed E-state index contributed by atoms with van der Waals surface area (Å²) in [6, 6.07) is 3.94. The van der Waals surface area contributed by atoms with Gasteiger partial charge in [-0.2, -0.15) is 0 Å². The Labute approximate surface area is 95.0 Å². The van der Waals surface area contributed by atoms with E-state index in [1.165, 1.54) is 12.1 Å². The summed E-state index contributed by atoms with van der Waals surface area (Å²) in [5, 5.41) is 8.74. The monoisotopic (exact) mass is 276 g/mol. The van der Waals surface area contributed by atoms with E-state index in [9.17, 15) is 9.18 Å². The quantitative estimate of drug-likeness (QED) is 0.920. The van der Waals surface area contributed by atoms with Crippen molar-refractivity contribution >= 4 is 21.9 Å². The van der Waals surface area contributed by atoms with Gasteiger partial charge >= 0.3 is 5.97 Å². The second kappa shape index (κ2) is 5.11. The molecule has 1 unspecified atom stereocenters. The maximum absolute atomic E-state index is 12.9. The fourth-order valence-corrected chi connectivity index (χ4v) is 1.51. The van der Waals surface area contributed by atoms with Crippen molar-refractivity contribution in [2.75, 3.05) is 0 Å². The second-order valence-electron chi connectivity index (χ2n) is 2.96. The number of benzene rings is 1. The lowest BCUT2D eigenvalue weighted by Gasteiger charge is -2.13. The van der Waals surface area contributed by atoms with E-state index in [-0.39, 0.29) is 5.75 Å². The number of halogens is 2. The fourth-order valence-electron chi connectivity index (χ4n) is 1.07. The predicted octanol–water partition coefficient (Wildman–Crippen LogP) is 2.83. The van der Waals surface area contributed by atoms with Crippen molar-refractivity contribution in [3.63, 3.8) is 0 Å². The molecule has 0 aliphatic rings. The first-order valence-corrected chi connectivity index (χ1v) is 5.17. The Morgan fingerprint density at radius 1 is 1.60 bits per heavy atom.